The quantitative estimate of drug-likeness (QED) is 0.617. The van der Waals surface area contributed by atoms with Crippen molar-refractivity contribution in [3.8, 4) is 17.0 Å². The van der Waals surface area contributed by atoms with Gasteiger partial charge in [0.1, 0.15) is 5.75 Å². The maximum Gasteiger partial charge on any atom is 0.262 e. The summed E-state index contributed by atoms with van der Waals surface area (Å²) in [6.45, 7) is 2.02. The monoisotopic (exact) mass is 438 g/mol. The van der Waals surface area contributed by atoms with Gasteiger partial charge < -0.3 is 9.64 Å². The first-order valence-electron chi connectivity index (χ1n) is 10.4. The summed E-state index contributed by atoms with van der Waals surface area (Å²) in [5.74, 6) is 1.37. The van der Waals surface area contributed by atoms with Gasteiger partial charge in [0.15, 0.2) is 5.82 Å². The molecule has 4 rings (SSSR count). The summed E-state index contributed by atoms with van der Waals surface area (Å²) in [6, 6.07) is 17.4. The van der Waals surface area contributed by atoms with Crippen LogP contribution in [-0.4, -0.2) is 38.8 Å². The predicted octanol–water partition coefficient (Wildman–Crippen LogP) is 4.33. The molecule has 0 saturated carbocycles. The Kier molecular flexibility index (Phi) is 6.36. The third-order valence-corrected chi connectivity index (χ3v) is 6.72. The largest absolute Gasteiger partial charge is 0.497 e. The van der Waals surface area contributed by atoms with Crippen molar-refractivity contribution in [3.05, 3.63) is 60.7 Å². The average Bonchev–Trinajstić information content (AvgIpc) is 3.09. The predicted molar refractivity (Wildman–Crippen MR) is 122 cm³/mol. The summed E-state index contributed by atoms with van der Waals surface area (Å²) in [5.41, 5.74) is 1.94. The molecule has 31 heavy (non-hydrogen) atoms. The minimum atomic E-state index is -3.74. The van der Waals surface area contributed by atoms with Gasteiger partial charge in [-0.25, -0.2) is 8.42 Å². The van der Waals surface area contributed by atoms with Gasteiger partial charge in [0.05, 0.1) is 17.7 Å². The Morgan fingerprint density at radius 3 is 2.39 bits per heavy atom. The van der Waals surface area contributed by atoms with Crippen LogP contribution in [0.4, 0.5) is 11.5 Å². The number of anilines is 2. The molecule has 0 atom stereocenters. The number of benzene rings is 2. The van der Waals surface area contributed by atoms with Crippen LogP contribution in [0.25, 0.3) is 11.3 Å². The fraction of sp³-hybridized carbons (Fsp3) is 0.304. The van der Waals surface area contributed by atoms with E-state index in [2.05, 4.69) is 19.8 Å². The molecule has 0 unspecified atom stereocenters. The van der Waals surface area contributed by atoms with E-state index in [1.807, 2.05) is 18.2 Å². The molecule has 0 radical (unpaired) electrons. The zero-order chi connectivity index (χ0) is 21.7. The first-order valence-corrected chi connectivity index (χ1v) is 11.9. The van der Waals surface area contributed by atoms with Crippen LogP contribution in [0.5, 0.6) is 5.75 Å². The van der Waals surface area contributed by atoms with Crippen molar-refractivity contribution < 1.29 is 13.2 Å². The highest BCUT2D eigenvalue weighted by molar-refractivity contribution is 7.92. The molecule has 3 aromatic rings. The van der Waals surface area contributed by atoms with Crippen molar-refractivity contribution in [1.82, 2.24) is 10.2 Å². The second kappa shape index (κ2) is 9.34. The number of nitrogens with one attached hydrogen (secondary N) is 1. The highest BCUT2D eigenvalue weighted by atomic mass is 32.2. The van der Waals surface area contributed by atoms with Crippen molar-refractivity contribution in [3.63, 3.8) is 0 Å². The third kappa shape index (κ3) is 5.14. The molecule has 7 nitrogen and oxygen atoms in total. The van der Waals surface area contributed by atoms with Gasteiger partial charge in [-0.2, -0.15) is 0 Å². The van der Waals surface area contributed by atoms with Crippen molar-refractivity contribution in [2.75, 3.05) is 29.8 Å². The number of hydrogen-bond donors (Lipinski definition) is 1. The van der Waals surface area contributed by atoms with E-state index in [1.54, 1.807) is 30.3 Å². The molecule has 162 valence electrons. The molecule has 2 heterocycles. The minimum absolute atomic E-state index is 0.138. The molecule has 8 heteroatoms. The summed E-state index contributed by atoms with van der Waals surface area (Å²) < 4.78 is 33.3. The maximum atomic E-state index is 12.8. The van der Waals surface area contributed by atoms with Gasteiger partial charge >= 0.3 is 0 Å². The second-order valence-electron chi connectivity index (χ2n) is 7.54. The van der Waals surface area contributed by atoms with Gasteiger partial charge in [0.2, 0.25) is 0 Å². The van der Waals surface area contributed by atoms with Crippen LogP contribution >= 0.6 is 0 Å². The lowest BCUT2D eigenvalue weighted by Gasteiger charge is -2.20. The highest BCUT2D eigenvalue weighted by Crippen LogP contribution is 2.25. The lowest BCUT2D eigenvalue weighted by molar-refractivity contribution is 0.413. The fourth-order valence-corrected chi connectivity index (χ4v) is 4.76. The summed E-state index contributed by atoms with van der Waals surface area (Å²) in [4.78, 5) is 2.42. The lowest BCUT2D eigenvalue weighted by Crippen LogP contribution is -2.25. The fourth-order valence-electron chi connectivity index (χ4n) is 3.67. The Bertz CT molecular complexity index is 1130. The highest BCUT2D eigenvalue weighted by Gasteiger charge is 2.16. The van der Waals surface area contributed by atoms with Crippen molar-refractivity contribution in [1.29, 1.82) is 0 Å². The van der Waals surface area contributed by atoms with Crippen LogP contribution in [0.3, 0.4) is 0 Å². The number of rotatable bonds is 6. The van der Waals surface area contributed by atoms with Crippen molar-refractivity contribution >= 4 is 21.5 Å². The van der Waals surface area contributed by atoms with Crippen LogP contribution in [0.1, 0.15) is 25.7 Å². The van der Waals surface area contributed by atoms with Crippen molar-refractivity contribution in [2.24, 2.45) is 0 Å². The molecular formula is C23H26N4O3S. The number of ether oxygens (including phenoxy) is 1. The van der Waals surface area contributed by atoms with E-state index in [-0.39, 0.29) is 4.90 Å². The van der Waals surface area contributed by atoms with E-state index < -0.39 is 10.0 Å². The second-order valence-corrected chi connectivity index (χ2v) is 9.23. The summed E-state index contributed by atoms with van der Waals surface area (Å²) in [7, 11) is -2.24. The van der Waals surface area contributed by atoms with Gasteiger partial charge in [-0.15, -0.1) is 10.2 Å². The number of hydrogen-bond acceptors (Lipinski definition) is 6. The number of nitrogens with zero attached hydrogens (tertiary/aromatic N) is 3. The zero-order valence-electron chi connectivity index (χ0n) is 17.5. The number of methoxy groups -OCH3 is 1. The molecule has 0 spiro atoms. The van der Waals surface area contributed by atoms with Gasteiger partial charge in [-0.3, -0.25) is 4.72 Å². The Balaban J connectivity index is 1.52. The maximum absolute atomic E-state index is 12.8. The van der Waals surface area contributed by atoms with Crippen LogP contribution in [0.2, 0.25) is 0 Å². The SMILES string of the molecule is COc1cccc(S(=O)(=O)Nc2cccc(-c3ccc(N4CCCCCC4)nn3)c2)c1. The molecule has 1 aliphatic heterocycles. The molecule has 0 bridgehead atoms. The molecule has 1 N–H and O–H groups in total. The van der Waals surface area contributed by atoms with E-state index >= 15 is 0 Å². The van der Waals surface area contributed by atoms with Crippen LogP contribution < -0.4 is 14.4 Å². The van der Waals surface area contributed by atoms with E-state index in [4.69, 9.17) is 4.74 Å². The number of aromatic nitrogens is 2. The van der Waals surface area contributed by atoms with Crippen molar-refractivity contribution in [2.45, 2.75) is 30.6 Å². The standard InChI is InChI=1S/C23H26N4O3S/c1-30-20-10-7-11-21(17-20)31(28,29)26-19-9-6-8-18(16-19)22-12-13-23(25-24-22)27-14-4-2-3-5-15-27/h6-13,16-17,26H,2-5,14-15H2,1H3. The molecule has 1 fully saturated rings. The topological polar surface area (TPSA) is 84.4 Å². The van der Waals surface area contributed by atoms with Gasteiger partial charge in [0.25, 0.3) is 10.0 Å². The molecule has 1 saturated heterocycles. The Morgan fingerprint density at radius 2 is 1.68 bits per heavy atom. The summed E-state index contributed by atoms with van der Waals surface area (Å²) in [5, 5.41) is 8.80. The van der Waals surface area contributed by atoms with E-state index in [9.17, 15) is 8.42 Å². The summed E-state index contributed by atoms with van der Waals surface area (Å²) in [6.07, 6.45) is 4.89. The van der Waals surface area contributed by atoms with E-state index in [0.29, 0.717) is 17.1 Å². The molecule has 0 amide bonds. The van der Waals surface area contributed by atoms with Gasteiger partial charge in [0, 0.05) is 30.4 Å². The summed E-state index contributed by atoms with van der Waals surface area (Å²) >= 11 is 0. The molecule has 2 aromatic carbocycles. The van der Waals surface area contributed by atoms with Gasteiger partial charge in [-0.05, 0) is 49.2 Å². The minimum Gasteiger partial charge on any atom is -0.497 e. The average molecular weight is 439 g/mol. The lowest BCUT2D eigenvalue weighted by atomic mass is 10.1. The van der Waals surface area contributed by atoms with Crippen LogP contribution in [-0.2, 0) is 10.0 Å². The normalized spacial score (nSPS) is 14.7. The van der Waals surface area contributed by atoms with Gasteiger partial charge in [-0.1, -0.05) is 31.0 Å². The first kappa shape index (κ1) is 21.1. The molecule has 1 aliphatic rings. The smallest absolute Gasteiger partial charge is 0.262 e. The van der Waals surface area contributed by atoms with E-state index in [1.165, 1.54) is 44.9 Å². The molecular weight excluding hydrogens is 412 g/mol. The first-order chi connectivity index (χ1) is 15.0. The Labute approximate surface area is 183 Å². The van der Waals surface area contributed by atoms with Crippen LogP contribution in [0, 0.1) is 0 Å². The molecule has 0 aliphatic carbocycles. The van der Waals surface area contributed by atoms with Crippen LogP contribution in [0.15, 0.2) is 65.6 Å². The Morgan fingerprint density at radius 1 is 0.903 bits per heavy atom. The molecule has 1 aromatic heterocycles. The third-order valence-electron chi connectivity index (χ3n) is 5.34. The number of sulfonamides is 1. The van der Waals surface area contributed by atoms with E-state index in [0.717, 1.165) is 24.5 Å². The zero-order valence-corrected chi connectivity index (χ0v) is 18.3. The Hall–Kier alpha value is -3.13.